The molecule has 0 amide bonds. The number of rotatable bonds is 18. The Balaban J connectivity index is 1.85. The van der Waals surface area contributed by atoms with Crippen LogP contribution >= 0.6 is 0 Å². The maximum absolute atomic E-state index is 13.3. The van der Waals surface area contributed by atoms with Gasteiger partial charge >= 0.3 is 23.9 Å². The predicted octanol–water partition coefficient (Wildman–Crippen LogP) is 5.05. The van der Waals surface area contributed by atoms with E-state index in [0.29, 0.717) is 22.3 Å². The first-order valence-corrected chi connectivity index (χ1v) is 16.7. The van der Waals surface area contributed by atoms with Gasteiger partial charge in [0.05, 0.1) is 40.5 Å². The molecule has 2 rings (SSSR count). The summed E-state index contributed by atoms with van der Waals surface area (Å²) in [5, 5.41) is 39.1. The van der Waals surface area contributed by atoms with Crippen molar-refractivity contribution >= 4 is 23.9 Å². The summed E-state index contributed by atoms with van der Waals surface area (Å²) in [6.45, 7) is 20.4. The Morgan fingerprint density at radius 2 is 0.843 bits per heavy atom. The molecule has 0 unspecified atom stereocenters. The highest BCUT2D eigenvalue weighted by Gasteiger charge is 2.44. The minimum Gasteiger partial charge on any atom is -0.492 e. The minimum atomic E-state index is -1.19. The minimum absolute atomic E-state index is 0.0413. The molecule has 0 spiro atoms. The van der Waals surface area contributed by atoms with Gasteiger partial charge < -0.3 is 44.3 Å². The van der Waals surface area contributed by atoms with Crippen LogP contribution in [0.2, 0.25) is 0 Å². The number of aromatic nitrogens is 2. The summed E-state index contributed by atoms with van der Waals surface area (Å²) in [6.07, 6.45) is 0.783. The molecule has 0 aliphatic carbocycles. The summed E-state index contributed by atoms with van der Waals surface area (Å²) in [4.78, 5) is 62.3. The van der Waals surface area contributed by atoms with Crippen LogP contribution in [-0.4, -0.2) is 78.2 Å². The van der Waals surface area contributed by atoms with E-state index in [1.165, 1.54) is 24.3 Å². The van der Waals surface area contributed by atoms with Gasteiger partial charge in [0, 0.05) is 37.1 Å². The van der Waals surface area contributed by atoms with Crippen LogP contribution in [0.5, 0.6) is 23.5 Å². The highest BCUT2D eigenvalue weighted by Crippen LogP contribution is 2.38. The average molecular weight is 725 g/mol. The van der Waals surface area contributed by atoms with Gasteiger partial charge in [-0.2, -0.15) is 0 Å². The molecule has 51 heavy (non-hydrogen) atoms. The third kappa shape index (κ3) is 11.8. The number of esters is 2. The molecule has 0 aromatic carbocycles. The number of aromatic hydroxyl groups is 4. The van der Waals surface area contributed by atoms with Crippen molar-refractivity contribution < 1.29 is 63.5 Å². The van der Waals surface area contributed by atoms with E-state index >= 15 is 0 Å². The Morgan fingerprint density at radius 3 is 1.24 bits per heavy atom. The monoisotopic (exact) mass is 724 g/mol. The van der Waals surface area contributed by atoms with Crippen LogP contribution in [0.4, 0.5) is 0 Å². The third-order valence-corrected chi connectivity index (χ3v) is 8.42. The van der Waals surface area contributed by atoms with E-state index in [9.17, 15) is 39.6 Å². The number of hydrogen-bond acceptors (Lipinski definition) is 13. The molecule has 0 radical (unpaired) electrons. The largest absolute Gasteiger partial charge is 0.492 e. The second kappa shape index (κ2) is 15.5. The second-order valence-electron chi connectivity index (χ2n) is 16.7. The second-order valence-corrected chi connectivity index (χ2v) is 16.7. The molecule has 2 heterocycles. The molecule has 288 valence electrons. The molecule has 4 N–H and O–H groups in total. The van der Waals surface area contributed by atoms with E-state index in [4.69, 9.17) is 23.9 Å². The van der Waals surface area contributed by atoms with E-state index < -0.39 is 80.3 Å². The van der Waals surface area contributed by atoms with Gasteiger partial charge in [-0.1, -0.05) is 0 Å². The van der Waals surface area contributed by atoms with Crippen LogP contribution in [0.1, 0.15) is 109 Å². The van der Waals surface area contributed by atoms with Gasteiger partial charge in [0.1, 0.15) is 5.60 Å². The summed E-state index contributed by atoms with van der Waals surface area (Å²) in [5.74, 6) is -4.41. The molecule has 15 heteroatoms. The zero-order valence-corrected chi connectivity index (χ0v) is 31.9. The molecule has 0 saturated heterocycles. The first-order chi connectivity index (χ1) is 23.0. The van der Waals surface area contributed by atoms with Gasteiger partial charge in [-0.15, -0.1) is 9.46 Å². The van der Waals surface area contributed by atoms with E-state index in [1.54, 1.807) is 69.2 Å². The lowest BCUT2D eigenvalue weighted by Crippen LogP contribution is -2.42. The number of hydrogen-bond donors (Lipinski definition) is 4. The topological polar surface area (TPSA) is 205 Å². The molecule has 2 aromatic heterocycles. The molecule has 0 aliphatic rings. The number of nitrogens with zero attached hydrogens (tertiary/aromatic N) is 2. The number of carbonyl (C=O) groups excluding carboxylic acids is 4. The normalized spacial score (nSPS) is 13.1. The van der Waals surface area contributed by atoms with Crippen LogP contribution in [0.15, 0.2) is 24.3 Å². The Labute approximate surface area is 299 Å². The molecular weight excluding hydrogens is 668 g/mol. The SMILES string of the molecule is CC(C)(CCOC(=O)C(C)(C)CC(C)(C)C(=O)On1c(O)ccc1O)OCCC(C)(C)OC(=O)C(C)(C)CC(C)(C)C(=O)On1c(O)ccc1O. The van der Waals surface area contributed by atoms with Crippen molar-refractivity contribution in [3.8, 4) is 23.5 Å². The lowest BCUT2D eigenvalue weighted by atomic mass is 9.75. The molecule has 0 fully saturated rings. The molecule has 15 nitrogen and oxygen atoms in total. The van der Waals surface area contributed by atoms with Crippen molar-refractivity contribution in [2.45, 2.75) is 120 Å². The lowest BCUT2D eigenvalue weighted by molar-refractivity contribution is -0.174. The molecule has 0 saturated carbocycles. The van der Waals surface area contributed by atoms with Crippen molar-refractivity contribution in [2.24, 2.45) is 21.7 Å². The molecule has 0 atom stereocenters. The molecule has 0 bridgehead atoms. The van der Waals surface area contributed by atoms with Crippen molar-refractivity contribution in [3.63, 3.8) is 0 Å². The predicted molar refractivity (Wildman–Crippen MR) is 183 cm³/mol. The van der Waals surface area contributed by atoms with Gasteiger partial charge in [0.15, 0.2) is 0 Å². The van der Waals surface area contributed by atoms with Crippen molar-refractivity contribution in [1.29, 1.82) is 0 Å². The van der Waals surface area contributed by atoms with Gasteiger partial charge in [0.25, 0.3) is 0 Å². The Bertz CT molecular complexity index is 1520. The maximum atomic E-state index is 13.3. The van der Waals surface area contributed by atoms with Gasteiger partial charge in [0.2, 0.25) is 23.5 Å². The van der Waals surface area contributed by atoms with E-state index in [2.05, 4.69) is 0 Å². The Morgan fingerprint density at radius 1 is 0.510 bits per heavy atom. The quantitative estimate of drug-likeness (QED) is 0.149. The summed E-state index contributed by atoms with van der Waals surface area (Å²) in [6, 6.07) is 4.67. The highest BCUT2D eigenvalue weighted by molar-refractivity contribution is 5.81. The first-order valence-electron chi connectivity index (χ1n) is 16.7. The fourth-order valence-corrected chi connectivity index (χ4v) is 5.57. The first kappa shape index (κ1) is 42.8. The molecule has 0 aliphatic heterocycles. The van der Waals surface area contributed by atoms with E-state index in [0.717, 1.165) is 0 Å². The highest BCUT2D eigenvalue weighted by atomic mass is 16.7. The van der Waals surface area contributed by atoms with Crippen LogP contribution in [0.25, 0.3) is 0 Å². The van der Waals surface area contributed by atoms with Crippen LogP contribution in [-0.2, 0) is 33.4 Å². The number of ether oxygens (including phenoxy) is 3. The maximum Gasteiger partial charge on any atom is 0.338 e. The fourth-order valence-electron chi connectivity index (χ4n) is 5.57. The van der Waals surface area contributed by atoms with E-state index in [1.807, 2.05) is 13.8 Å². The zero-order chi connectivity index (χ0) is 39.4. The molecule has 2 aromatic rings. The van der Waals surface area contributed by atoms with Crippen LogP contribution < -0.4 is 9.68 Å². The van der Waals surface area contributed by atoms with Gasteiger partial charge in [-0.3, -0.25) is 9.59 Å². The molecular formula is C36H56N2O13. The van der Waals surface area contributed by atoms with Crippen molar-refractivity contribution in [1.82, 2.24) is 9.46 Å². The van der Waals surface area contributed by atoms with Gasteiger partial charge in [-0.25, -0.2) is 9.59 Å². The van der Waals surface area contributed by atoms with Crippen LogP contribution in [0, 0.1) is 21.7 Å². The smallest absolute Gasteiger partial charge is 0.338 e. The fraction of sp³-hybridized carbons (Fsp3) is 0.667. The van der Waals surface area contributed by atoms with Gasteiger partial charge in [-0.05, 0) is 95.9 Å². The zero-order valence-electron chi connectivity index (χ0n) is 31.9. The van der Waals surface area contributed by atoms with Crippen molar-refractivity contribution in [2.75, 3.05) is 13.2 Å². The lowest BCUT2D eigenvalue weighted by Gasteiger charge is -2.35. The summed E-state index contributed by atoms with van der Waals surface area (Å²) in [7, 11) is 0. The number of carbonyl (C=O) groups is 4. The Kier molecular flexibility index (Phi) is 13.0. The average Bonchev–Trinajstić information content (AvgIpc) is 3.45. The van der Waals surface area contributed by atoms with Crippen molar-refractivity contribution in [3.05, 3.63) is 24.3 Å². The van der Waals surface area contributed by atoms with Crippen LogP contribution in [0.3, 0.4) is 0 Å². The Hall–Kier alpha value is -4.40. The standard InChI is InChI=1S/C36H56N2O13/c1-31(2,21-33(5,6)29(45)50-37-23(39)13-14-24(37)40)27(43)47-19-17-35(9,10)48-20-18-36(11,12)49-28(44)32(3,4)22-34(7,8)30(46)51-38-25(41)15-16-26(38)42/h13-16,39-42H,17-22H2,1-12H3. The van der Waals surface area contributed by atoms with E-state index in [-0.39, 0.29) is 26.1 Å². The summed E-state index contributed by atoms with van der Waals surface area (Å²) >= 11 is 0. The summed E-state index contributed by atoms with van der Waals surface area (Å²) < 4.78 is 18.7. The third-order valence-electron chi connectivity index (χ3n) is 8.42. The summed E-state index contributed by atoms with van der Waals surface area (Å²) in [5.41, 5.74) is -6.20.